The molecule has 1 aliphatic rings. The van der Waals surface area contributed by atoms with Crippen molar-refractivity contribution < 1.29 is 45.7 Å². The summed E-state index contributed by atoms with van der Waals surface area (Å²) in [7, 11) is 0. The van der Waals surface area contributed by atoms with Crippen LogP contribution in [-0.2, 0) is 4.79 Å². The summed E-state index contributed by atoms with van der Waals surface area (Å²) in [6.45, 7) is 3.07. The number of fused-ring (bicyclic) bond motifs is 1. The summed E-state index contributed by atoms with van der Waals surface area (Å²) in [6.07, 6.45) is -12.1. The van der Waals surface area contributed by atoms with E-state index in [9.17, 15) is 31.1 Å². The molecule has 25 heavy (non-hydrogen) atoms. The fourth-order valence-electron chi connectivity index (χ4n) is 2.35. The van der Waals surface area contributed by atoms with Crippen LogP contribution < -0.4 is 9.47 Å². The second-order valence-corrected chi connectivity index (χ2v) is 5.58. The molecule has 4 nitrogen and oxygen atoms in total. The molecule has 0 saturated heterocycles. The van der Waals surface area contributed by atoms with Gasteiger partial charge in [-0.15, -0.1) is 13.2 Å². The van der Waals surface area contributed by atoms with E-state index in [1.165, 1.54) is 13.8 Å². The van der Waals surface area contributed by atoms with E-state index in [2.05, 4.69) is 4.74 Å². The lowest BCUT2D eigenvalue weighted by Gasteiger charge is -2.29. The van der Waals surface area contributed by atoms with Gasteiger partial charge in [-0.3, -0.25) is 0 Å². The lowest BCUT2D eigenvalue weighted by molar-refractivity contribution is -0.274. The Morgan fingerprint density at radius 2 is 1.80 bits per heavy atom. The summed E-state index contributed by atoms with van der Waals surface area (Å²) in [4.78, 5) is 11.1. The number of ether oxygens (including phenoxy) is 2. The summed E-state index contributed by atoms with van der Waals surface area (Å²) < 4.78 is 85.1. The van der Waals surface area contributed by atoms with Gasteiger partial charge in [-0.25, -0.2) is 4.79 Å². The van der Waals surface area contributed by atoms with Crippen LogP contribution in [0.15, 0.2) is 17.7 Å². The van der Waals surface area contributed by atoms with Gasteiger partial charge in [0.05, 0.1) is 5.57 Å². The Morgan fingerprint density at radius 1 is 1.20 bits per heavy atom. The van der Waals surface area contributed by atoms with Crippen molar-refractivity contribution in [3.05, 3.63) is 28.8 Å². The number of alkyl halides is 6. The molecule has 0 bridgehead atoms. The maximum Gasteiger partial charge on any atom is 0.573 e. The number of carboxylic acids is 1. The second kappa shape index (κ2) is 6.16. The van der Waals surface area contributed by atoms with Crippen LogP contribution in [0.2, 0.25) is 0 Å². The Morgan fingerprint density at radius 3 is 2.24 bits per heavy atom. The van der Waals surface area contributed by atoms with Gasteiger partial charge in [-0.1, -0.05) is 13.8 Å². The molecule has 10 heteroatoms. The third-order valence-electron chi connectivity index (χ3n) is 3.35. The van der Waals surface area contributed by atoms with E-state index in [0.29, 0.717) is 6.08 Å². The van der Waals surface area contributed by atoms with Crippen molar-refractivity contribution in [3.63, 3.8) is 0 Å². The number of benzene rings is 1. The van der Waals surface area contributed by atoms with E-state index >= 15 is 0 Å². The monoisotopic (exact) mass is 370 g/mol. The summed E-state index contributed by atoms with van der Waals surface area (Å²) in [5.41, 5.74) is -1.33. The molecule has 1 aliphatic heterocycles. The molecule has 1 atom stereocenters. The number of rotatable bonds is 3. The van der Waals surface area contributed by atoms with Crippen molar-refractivity contribution in [1.29, 1.82) is 0 Å². The van der Waals surface area contributed by atoms with Gasteiger partial charge in [0.25, 0.3) is 0 Å². The highest BCUT2D eigenvalue weighted by Crippen LogP contribution is 2.43. The predicted molar refractivity (Wildman–Crippen MR) is 73.3 cm³/mol. The Labute approximate surface area is 137 Å². The van der Waals surface area contributed by atoms with Gasteiger partial charge in [0.2, 0.25) is 6.10 Å². The van der Waals surface area contributed by atoms with E-state index in [-0.39, 0.29) is 16.9 Å². The quantitative estimate of drug-likeness (QED) is 0.796. The molecule has 0 aliphatic carbocycles. The lowest BCUT2D eigenvalue weighted by atomic mass is 9.94. The smallest absolute Gasteiger partial charge is 0.478 e. The standard InChI is InChI=1S/C15H12F6O4/c1-6(2)9-5-8(25-15(19,20)21)3-7-4-10(13(22)23)12(14(16,17)18)24-11(7)9/h3-6,12H,1-2H3,(H,22,23). The van der Waals surface area contributed by atoms with Crippen molar-refractivity contribution in [2.45, 2.75) is 38.4 Å². The molecule has 0 aromatic heterocycles. The fourth-order valence-corrected chi connectivity index (χ4v) is 2.35. The molecule has 0 radical (unpaired) electrons. The van der Waals surface area contributed by atoms with Gasteiger partial charge in [0, 0.05) is 11.1 Å². The summed E-state index contributed by atoms with van der Waals surface area (Å²) in [6, 6.07) is 1.70. The molecule has 0 spiro atoms. The van der Waals surface area contributed by atoms with Crippen LogP contribution in [0.1, 0.15) is 30.9 Å². The highest BCUT2D eigenvalue weighted by molar-refractivity contribution is 5.95. The first-order valence-electron chi connectivity index (χ1n) is 6.91. The zero-order valence-electron chi connectivity index (χ0n) is 12.8. The number of aliphatic carboxylic acids is 1. The highest BCUT2D eigenvalue weighted by atomic mass is 19.4. The van der Waals surface area contributed by atoms with E-state index < -0.39 is 41.9 Å². The molecular weight excluding hydrogens is 358 g/mol. The third-order valence-corrected chi connectivity index (χ3v) is 3.35. The van der Waals surface area contributed by atoms with Gasteiger partial charge in [0.15, 0.2) is 0 Å². The molecule has 2 rings (SSSR count). The first kappa shape index (κ1) is 18.9. The van der Waals surface area contributed by atoms with Gasteiger partial charge < -0.3 is 14.6 Å². The molecule has 1 N–H and O–H groups in total. The minimum atomic E-state index is -5.01. The number of carbonyl (C=O) groups is 1. The topological polar surface area (TPSA) is 55.8 Å². The van der Waals surface area contributed by atoms with Crippen LogP contribution in [-0.4, -0.2) is 29.7 Å². The van der Waals surface area contributed by atoms with Crippen molar-refractivity contribution in [3.8, 4) is 11.5 Å². The molecule has 1 aromatic carbocycles. The Kier molecular flexibility index (Phi) is 4.67. The Bertz CT molecular complexity index is 718. The lowest BCUT2D eigenvalue weighted by Crippen LogP contribution is -2.40. The number of carboxylic acid groups (broad SMARTS) is 1. The average Bonchev–Trinajstić information content (AvgIpc) is 2.41. The van der Waals surface area contributed by atoms with E-state index in [1.54, 1.807) is 0 Å². The predicted octanol–water partition coefficient (Wildman–Crippen LogP) is 4.50. The second-order valence-electron chi connectivity index (χ2n) is 5.58. The van der Waals surface area contributed by atoms with Crippen LogP contribution in [0.4, 0.5) is 26.3 Å². The number of halogens is 6. The maximum atomic E-state index is 13.1. The maximum absolute atomic E-state index is 13.1. The normalized spacial score (nSPS) is 17.6. The van der Waals surface area contributed by atoms with E-state index in [0.717, 1.165) is 12.1 Å². The average molecular weight is 370 g/mol. The molecule has 0 saturated carbocycles. The first-order valence-corrected chi connectivity index (χ1v) is 6.91. The van der Waals surface area contributed by atoms with E-state index in [1.807, 2.05) is 0 Å². The fraction of sp³-hybridized carbons (Fsp3) is 0.400. The van der Waals surface area contributed by atoms with Gasteiger partial charge >= 0.3 is 18.5 Å². The first-order chi connectivity index (χ1) is 11.3. The van der Waals surface area contributed by atoms with Crippen molar-refractivity contribution in [1.82, 2.24) is 0 Å². The van der Waals surface area contributed by atoms with Crippen molar-refractivity contribution in [2.24, 2.45) is 0 Å². The highest BCUT2D eigenvalue weighted by Gasteiger charge is 2.49. The van der Waals surface area contributed by atoms with Crippen LogP contribution in [0, 0.1) is 0 Å². The van der Waals surface area contributed by atoms with Gasteiger partial charge in [0.1, 0.15) is 11.5 Å². The summed E-state index contributed by atoms with van der Waals surface area (Å²) in [5.74, 6) is -3.39. The zero-order valence-corrected chi connectivity index (χ0v) is 12.8. The molecule has 1 unspecified atom stereocenters. The number of hydrogen-bond donors (Lipinski definition) is 1. The van der Waals surface area contributed by atoms with Crippen molar-refractivity contribution >= 4 is 12.0 Å². The summed E-state index contributed by atoms with van der Waals surface area (Å²) in [5, 5.41) is 8.97. The van der Waals surface area contributed by atoms with Crippen LogP contribution >= 0.6 is 0 Å². The largest absolute Gasteiger partial charge is 0.573 e. The molecule has 1 aromatic rings. The van der Waals surface area contributed by atoms with E-state index in [4.69, 9.17) is 9.84 Å². The SMILES string of the molecule is CC(C)c1cc(OC(F)(F)F)cc2c1OC(C(F)(F)F)C(C(=O)O)=C2. The van der Waals surface area contributed by atoms with Crippen LogP contribution in [0.25, 0.3) is 6.08 Å². The Hall–Kier alpha value is -2.39. The Balaban J connectivity index is 2.64. The van der Waals surface area contributed by atoms with Crippen LogP contribution in [0.5, 0.6) is 11.5 Å². The molecule has 138 valence electrons. The minimum Gasteiger partial charge on any atom is -0.478 e. The third kappa shape index (κ3) is 4.18. The molecule has 0 fully saturated rings. The van der Waals surface area contributed by atoms with Crippen LogP contribution in [0.3, 0.4) is 0 Å². The minimum absolute atomic E-state index is 0.0340. The molecular formula is C15H12F6O4. The molecule has 0 amide bonds. The van der Waals surface area contributed by atoms with Gasteiger partial charge in [-0.05, 0) is 24.1 Å². The zero-order chi connectivity index (χ0) is 19.2. The molecule has 1 heterocycles. The van der Waals surface area contributed by atoms with Crippen molar-refractivity contribution in [2.75, 3.05) is 0 Å². The summed E-state index contributed by atoms with van der Waals surface area (Å²) >= 11 is 0. The number of hydrogen-bond acceptors (Lipinski definition) is 3. The van der Waals surface area contributed by atoms with Gasteiger partial charge in [-0.2, -0.15) is 13.2 Å².